The average Bonchev–Trinajstić information content (AvgIpc) is 2.67. The second-order valence-corrected chi connectivity index (χ2v) is 5.63. The number of ether oxygens (including phenoxy) is 1. The zero-order valence-electron chi connectivity index (χ0n) is 13.1. The molecule has 5 nitrogen and oxygen atoms in total. The first kappa shape index (κ1) is 15.6. The van der Waals surface area contributed by atoms with Crippen molar-refractivity contribution in [3.05, 3.63) is 23.8 Å². The third kappa shape index (κ3) is 3.47. The van der Waals surface area contributed by atoms with Gasteiger partial charge in [0.05, 0.1) is 12.7 Å². The highest BCUT2D eigenvalue weighted by atomic mass is 16.5. The molecule has 0 saturated carbocycles. The van der Waals surface area contributed by atoms with E-state index in [1.165, 1.54) is 0 Å². The lowest BCUT2D eigenvalue weighted by Crippen LogP contribution is -2.43. The van der Waals surface area contributed by atoms with Crippen LogP contribution in [0.25, 0.3) is 0 Å². The van der Waals surface area contributed by atoms with Crippen LogP contribution in [0.5, 0.6) is 5.75 Å². The summed E-state index contributed by atoms with van der Waals surface area (Å²) < 4.78 is 5.14. The number of benzene rings is 1. The Hall–Kier alpha value is -1.75. The van der Waals surface area contributed by atoms with Crippen molar-refractivity contribution in [1.82, 2.24) is 9.80 Å². The molecule has 0 aliphatic carbocycles. The van der Waals surface area contributed by atoms with E-state index in [9.17, 15) is 4.79 Å². The van der Waals surface area contributed by atoms with Crippen molar-refractivity contribution in [2.45, 2.75) is 25.8 Å². The van der Waals surface area contributed by atoms with Gasteiger partial charge in [-0.1, -0.05) is 6.92 Å². The Kier molecular flexibility index (Phi) is 5.07. The number of rotatable bonds is 3. The van der Waals surface area contributed by atoms with Crippen molar-refractivity contribution in [3.63, 3.8) is 0 Å². The maximum atomic E-state index is 12.8. The standard InChI is InChI=1S/C16H25N3O2/c1-4-12-11-18(2)8-5-9-19(12)16(20)14-7-6-13(21-3)10-15(14)17/h6-7,10,12H,4-5,8-9,11,17H2,1-3H3. The van der Waals surface area contributed by atoms with Gasteiger partial charge in [-0.3, -0.25) is 4.79 Å². The summed E-state index contributed by atoms with van der Waals surface area (Å²) in [4.78, 5) is 17.1. The van der Waals surface area contributed by atoms with E-state index >= 15 is 0 Å². The van der Waals surface area contributed by atoms with Crippen LogP contribution in [0.2, 0.25) is 0 Å². The van der Waals surface area contributed by atoms with Crippen molar-refractivity contribution >= 4 is 11.6 Å². The summed E-state index contributed by atoms with van der Waals surface area (Å²) in [6.07, 6.45) is 1.95. The summed E-state index contributed by atoms with van der Waals surface area (Å²) in [5.74, 6) is 0.698. The normalized spacial score (nSPS) is 20.1. The van der Waals surface area contributed by atoms with E-state index in [4.69, 9.17) is 10.5 Å². The zero-order chi connectivity index (χ0) is 15.4. The molecule has 0 aromatic heterocycles. The van der Waals surface area contributed by atoms with E-state index in [1.807, 2.05) is 4.90 Å². The lowest BCUT2D eigenvalue weighted by molar-refractivity contribution is 0.0677. The molecule has 0 radical (unpaired) electrons. The molecule has 21 heavy (non-hydrogen) atoms. The highest BCUT2D eigenvalue weighted by molar-refractivity contribution is 5.99. The molecule has 2 N–H and O–H groups in total. The third-order valence-corrected chi connectivity index (χ3v) is 4.12. The number of amides is 1. The summed E-state index contributed by atoms with van der Waals surface area (Å²) in [5, 5.41) is 0. The van der Waals surface area contributed by atoms with Crippen LogP contribution in [-0.4, -0.2) is 55.5 Å². The third-order valence-electron chi connectivity index (χ3n) is 4.12. The first-order valence-corrected chi connectivity index (χ1v) is 7.49. The van der Waals surface area contributed by atoms with Gasteiger partial charge in [-0.15, -0.1) is 0 Å². The van der Waals surface area contributed by atoms with Crippen LogP contribution in [0.4, 0.5) is 5.69 Å². The van der Waals surface area contributed by atoms with Crippen LogP contribution in [0.15, 0.2) is 18.2 Å². The van der Waals surface area contributed by atoms with E-state index < -0.39 is 0 Å². The maximum Gasteiger partial charge on any atom is 0.256 e. The molecule has 1 amide bonds. The van der Waals surface area contributed by atoms with Crippen molar-refractivity contribution in [2.75, 3.05) is 39.5 Å². The van der Waals surface area contributed by atoms with Gasteiger partial charge in [0.15, 0.2) is 0 Å². The SMILES string of the molecule is CCC1CN(C)CCCN1C(=O)c1ccc(OC)cc1N. The molecule has 0 bridgehead atoms. The summed E-state index contributed by atoms with van der Waals surface area (Å²) in [6, 6.07) is 5.50. The number of nitrogen functional groups attached to an aromatic ring is 1. The topological polar surface area (TPSA) is 58.8 Å². The molecule has 5 heteroatoms. The Balaban J connectivity index is 2.24. The van der Waals surface area contributed by atoms with E-state index in [-0.39, 0.29) is 11.9 Å². The largest absolute Gasteiger partial charge is 0.497 e. The molecule has 1 saturated heterocycles. The van der Waals surface area contributed by atoms with Gasteiger partial charge in [0, 0.05) is 30.9 Å². The van der Waals surface area contributed by atoms with Crippen molar-refractivity contribution in [2.24, 2.45) is 0 Å². The first-order chi connectivity index (χ1) is 10.1. The van der Waals surface area contributed by atoms with Gasteiger partial charge < -0.3 is 20.3 Å². The van der Waals surface area contributed by atoms with Crippen LogP contribution in [0.3, 0.4) is 0 Å². The zero-order valence-corrected chi connectivity index (χ0v) is 13.1. The predicted octanol–water partition coefficient (Wildman–Crippen LogP) is 1.83. The summed E-state index contributed by atoms with van der Waals surface area (Å²) >= 11 is 0. The Morgan fingerprint density at radius 3 is 2.81 bits per heavy atom. The molecule has 1 atom stereocenters. The molecule has 1 aromatic carbocycles. The number of nitrogens with zero attached hydrogens (tertiary/aromatic N) is 2. The smallest absolute Gasteiger partial charge is 0.256 e. The Labute approximate surface area is 126 Å². The molecule has 1 heterocycles. The molecule has 1 unspecified atom stereocenters. The maximum absolute atomic E-state index is 12.8. The quantitative estimate of drug-likeness (QED) is 0.863. The van der Waals surface area contributed by atoms with Crippen molar-refractivity contribution in [3.8, 4) is 5.75 Å². The summed E-state index contributed by atoms with van der Waals surface area (Å²) in [6.45, 7) is 4.85. The van der Waals surface area contributed by atoms with Crippen LogP contribution < -0.4 is 10.5 Å². The van der Waals surface area contributed by atoms with Gasteiger partial charge in [0.2, 0.25) is 0 Å². The first-order valence-electron chi connectivity index (χ1n) is 7.49. The second kappa shape index (κ2) is 6.80. The molecule has 1 fully saturated rings. The van der Waals surface area contributed by atoms with Crippen molar-refractivity contribution < 1.29 is 9.53 Å². The molecule has 1 aliphatic rings. The molecular formula is C16H25N3O2. The lowest BCUT2D eigenvalue weighted by Gasteiger charge is -2.30. The minimum Gasteiger partial charge on any atom is -0.497 e. The summed E-state index contributed by atoms with van der Waals surface area (Å²) in [7, 11) is 3.70. The van der Waals surface area contributed by atoms with Gasteiger partial charge in [0.1, 0.15) is 5.75 Å². The van der Waals surface area contributed by atoms with Crippen LogP contribution >= 0.6 is 0 Å². The second-order valence-electron chi connectivity index (χ2n) is 5.63. The number of likely N-dealkylation sites (N-methyl/N-ethyl adjacent to an activating group) is 1. The summed E-state index contributed by atoms with van der Waals surface area (Å²) in [5.41, 5.74) is 7.07. The molecule has 1 aliphatic heterocycles. The molecule has 0 spiro atoms. The van der Waals surface area contributed by atoms with Crippen molar-refractivity contribution in [1.29, 1.82) is 0 Å². The molecule has 116 valence electrons. The fraction of sp³-hybridized carbons (Fsp3) is 0.562. The molecule has 2 rings (SSSR count). The fourth-order valence-corrected chi connectivity index (χ4v) is 2.88. The van der Waals surface area contributed by atoms with Crippen LogP contribution in [0, 0.1) is 0 Å². The number of hydrogen-bond donors (Lipinski definition) is 1. The number of anilines is 1. The number of nitrogens with two attached hydrogens (primary N) is 1. The number of carbonyl (C=O) groups excluding carboxylic acids is 1. The Bertz CT molecular complexity index is 504. The van der Waals surface area contributed by atoms with E-state index in [1.54, 1.807) is 25.3 Å². The van der Waals surface area contributed by atoms with E-state index in [0.717, 1.165) is 32.5 Å². The van der Waals surface area contributed by atoms with Gasteiger partial charge in [-0.2, -0.15) is 0 Å². The monoisotopic (exact) mass is 291 g/mol. The number of hydrogen-bond acceptors (Lipinski definition) is 4. The number of carbonyl (C=O) groups is 1. The van der Waals surface area contributed by atoms with Gasteiger partial charge in [-0.05, 0) is 38.6 Å². The Morgan fingerprint density at radius 2 is 2.19 bits per heavy atom. The highest BCUT2D eigenvalue weighted by Gasteiger charge is 2.27. The van der Waals surface area contributed by atoms with E-state index in [2.05, 4.69) is 18.9 Å². The fourth-order valence-electron chi connectivity index (χ4n) is 2.88. The van der Waals surface area contributed by atoms with Gasteiger partial charge in [-0.25, -0.2) is 0 Å². The Morgan fingerprint density at radius 1 is 1.43 bits per heavy atom. The number of methoxy groups -OCH3 is 1. The minimum atomic E-state index is 0.0253. The van der Waals surface area contributed by atoms with Gasteiger partial charge >= 0.3 is 0 Å². The molecular weight excluding hydrogens is 266 g/mol. The van der Waals surface area contributed by atoms with Crippen LogP contribution in [0.1, 0.15) is 30.1 Å². The molecule has 1 aromatic rings. The van der Waals surface area contributed by atoms with E-state index in [0.29, 0.717) is 17.0 Å². The average molecular weight is 291 g/mol. The highest BCUT2D eigenvalue weighted by Crippen LogP contribution is 2.23. The van der Waals surface area contributed by atoms with Crippen LogP contribution in [-0.2, 0) is 0 Å². The minimum absolute atomic E-state index is 0.0253. The predicted molar refractivity (Wildman–Crippen MR) is 84.6 cm³/mol. The van der Waals surface area contributed by atoms with Gasteiger partial charge in [0.25, 0.3) is 5.91 Å². The lowest BCUT2D eigenvalue weighted by atomic mass is 10.1.